The van der Waals surface area contributed by atoms with Crippen LogP contribution in [0.4, 0.5) is 0 Å². The third kappa shape index (κ3) is 5.85. The van der Waals surface area contributed by atoms with E-state index in [1.807, 2.05) is 6.92 Å². The van der Waals surface area contributed by atoms with E-state index in [0.717, 1.165) is 12.0 Å². The minimum Gasteiger partial charge on any atom is -0.478 e. The smallest absolute Gasteiger partial charge is 0.335 e. The number of aromatic carboxylic acids is 1. The monoisotopic (exact) mass is 285 g/mol. The van der Waals surface area contributed by atoms with Gasteiger partial charge in [0.25, 0.3) is 0 Å². The molecule has 0 bridgehead atoms. The predicted octanol–water partition coefficient (Wildman–Crippen LogP) is 1.65. The van der Waals surface area contributed by atoms with Gasteiger partial charge >= 0.3 is 5.97 Å². The van der Waals surface area contributed by atoms with E-state index in [4.69, 9.17) is 5.11 Å². The molecule has 0 heterocycles. The Morgan fingerprint density at radius 1 is 1.26 bits per heavy atom. The molecule has 1 aromatic rings. The molecule has 1 aromatic carbocycles. The first-order valence-corrected chi connectivity index (χ1v) is 7.89. The Labute approximate surface area is 113 Å². The fourth-order valence-electron chi connectivity index (χ4n) is 1.57. The van der Waals surface area contributed by atoms with Crippen molar-refractivity contribution in [1.29, 1.82) is 0 Å². The molecule has 0 aliphatic heterocycles. The number of carboxylic acid groups (broad SMARTS) is 1. The van der Waals surface area contributed by atoms with Crippen LogP contribution in [0.2, 0.25) is 0 Å². The third-order valence-electron chi connectivity index (χ3n) is 2.70. The molecule has 0 saturated carbocycles. The van der Waals surface area contributed by atoms with Crippen LogP contribution < -0.4 is 4.72 Å². The molecule has 2 N–H and O–H groups in total. The van der Waals surface area contributed by atoms with Crippen LogP contribution in [0, 0.1) is 0 Å². The SMILES string of the molecule is CCCCS(=O)(=O)NCCc1ccc(C(=O)O)cc1. The summed E-state index contributed by atoms with van der Waals surface area (Å²) in [5.41, 5.74) is 1.13. The van der Waals surface area contributed by atoms with E-state index in [1.165, 1.54) is 12.1 Å². The van der Waals surface area contributed by atoms with Gasteiger partial charge in [0, 0.05) is 6.54 Å². The topological polar surface area (TPSA) is 83.5 Å². The average molecular weight is 285 g/mol. The van der Waals surface area contributed by atoms with Gasteiger partial charge in [0.05, 0.1) is 11.3 Å². The molecule has 0 spiro atoms. The molecule has 0 fully saturated rings. The lowest BCUT2D eigenvalue weighted by atomic mass is 10.1. The summed E-state index contributed by atoms with van der Waals surface area (Å²) < 4.78 is 25.6. The molecular weight excluding hydrogens is 266 g/mol. The highest BCUT2D eigenvalue weighted by molar-refractivity contribution is 7.89. The van der Waals surface area contributed by atoms with Gasteiger partial charge in [-0.25, -0.2) is 17.9 Å². The number of rotatable bonds is 8. The highest BCUT2D eigenvalue weighted by Gasteiger charge is 2.08. The van der Waals surface area contributed by atoms with E-state index < -0.39 is 16.0 Å². The Morgan fingerprint density at radius 3 is 2.42 bits per heavy atom. The van der Waals surface area contributed by atoms with Gasteiger partial charge in [-0.2, -0.15) is 0 Å². The van der Waals surface area contributed by atoms with Crippen molar-refractivity contribution in [1.82, 2.24) is 4.72 Å². The van der Waals surface area contributed by atoms with Crippen LogP contribution in [0.1, 0.15) is 35.7 Å². The molecule has 6 heteroatoms. The maximum Gasteiger partial charge on any atom is 0.335 e. The molecule has 0 radical (unpaired) electrons. The zero-order valence-electron chi connectivity index (χ0n) is 10.9. The molecule has 0 aromatic heterocycles. The van der Waals surface area contributed by atoms with Crippen LogP contribution in [0.15, 0.2) is 24.3 Å². The lowest BCUT2D eigenvalue weighted by molar-refractivity contribution is 0.0697. The largest absolute Gasteiger partial charge is 0.478 e. The summed E-state index contributed by atoms with van der Waals surface area (Å²) in [5, 5.41) is 8.75. The molecule has 0 aliphatic rings. The Balaban J connectivity index is 2.43. The zero-order chi connectivity index (χ0) is 14.3. The van der Waals surface area contributed by atoms with Gasteiger partial charge in [0.15, 0.2) is 0 Å². The number of hydrogen-bond acceptors (Lipinski definition) is 3. The fourth-order valence-corrected chi connectivity index (χ4v) is 2.80. The van der Waals surface area contributed by atoms with Gasteiger partial charge < -0.3 is 5.11 Å². The van der Waals surface area contributed by atoms with Crippen LogP contribution in [-0.2, 0) is 16.4 Å². The Morgan fingerprint density at radius 2 is 1.89 bits per heavy atom. The minimum absolute atomic E-state index is 0.154. The van der Waals surface area contributed by atoms with Crippen molar-refractivity contribution in [2.75, 3.05) is 12.3 Å². The number of sulfonamides is 1. The highest BCUT2D eigenvalue weighted by Crippen LogP contribution is 2.05. The first-order chi connectivity index (χ1) is 8.94. The average Bonchev–Trinajstić information content (AvgIpc) is 2.37. The number of hydrogen-bond donors (Lipinski definition) is 2. The number of carbonyl (C=O) groups is 1. The van der Waals surface area contributed by atoms with Crippen molar-refractivity contribution in [3.8, 4) is 0 Å². The van der Waals surface area contributed by atoms with Crippen LogP contribution in [0.5, 0.6) is 0 Å². The van der Waals surface area contributed by atoms with E-state index in [1.54, 1.807) is 12.1 Å². The van der Waals surface area contributed by atoms with Crippen LogP contribution in [0.25, 0.3) is 0 Å². The standard InChI is InChI=1S/C13H19NO4S/c1-2-3-10-19(17,18)14-9-8-11-4-6-12(7-5-11)13(15)16/h4-7,14H,2-3,8-10H2,1H3,(H,15,16). The van der Waals surface area contributed by atoms with Gasteiger partial charge in [0.2, 0.25) is 10.0 Å². The Hall–Kier alpha value is -1.40. The van der Waals surface area contributed by atoms with Crippen molar-refractivity contribution < 1.29 is 18.3 Å². The van der Waals surface area contributed by atoms with Crippen molar-refractivity contribution in [2.24, 2.45) is 0 Å². The number of benzene rings is 1. The number of unbranched alkanes of at least 4 members (excludes halogenated alkanes) is 1. The second kappa shape index (κ2) is 7.25. The first-order valence-electron chi connectivity index (χ1n) is 6.24. The highest BCUT2D eigenvalue weighted by atomic mass is 32.2. The molecule has 0 amide bonds. The summed E-state index contributed by atoms with van der Waals surface area (Å²) in [6.07, 6.45) is 2.05. The van der Waals surface area contributed by atoms with Gasteiger partial charge in [-0.3, -0.25) is 0 Å². The lowest BCUT2D eigenvalue weighted by Gasteiger charge is -2.06. The molecule has 0 aliphatic carbocycles. The molecule has 5 nitrogen and oxygen atoms in total. The van der Waals surface area contributed by atoms with Gasteiger partial charge in [-0.1, -0.05) is 25.5 Å². The summed E-state index contributed by atoms with van der Waals surface area (Å²) in [6, 6.07) is 6.43. The van der Waals surface area contributed by atoms with Gasteiger partial charge in [-0.15, -0.1) is 0 Å². The summed E-state index contributed by atoms with van der Waals surface area (Å²) in [6.45, 7) is 2.28. The van der Waals surface area contributed by atoms with E-state index in [2.05, 4.69) is 4.72 Å². The van der Waals surface area contributed by atoms with Gasteiger partial charge in [0.1, 0.15) is 0 Å². The van der Waals surface area contributed by atoms with Crippen molar-refractivity contribution in [2.45, 2.75) is 26.2 Å². The van der Waals surface area contributed by atoms with E-state index in [0.29, 0.717) is 19.4 Å². The van der Waals surface area contributed by atoms with E-state index in [-0.39, 0.29) is 11.3 Å². The quantitative estimate of drug-likeness (QED) is 0.760. The zero-order valence-corrected chi connectivity index (χ0v) is 11.7. The maximum atomic E-state index is 11.5. The van der Waals surface area contributed by atoms with Crippen molar-refractivity contribution in [3.05, 3.63) is 35.4 Å². The molecule has 19 heavy (non-hydrogen) atoms. The summed E-state index contributed by atoms with van der Waals surface area (Å²) in [4.78, 5) is 10.7. The normalized spacial score (nSPS) is 11.4. The van der Waals surface area contributed by atoms with E-state index >= 15 is 0 Å². The summed E-state index contributed by atoms with van der Waals surface area (Å²) in [5.74, 6) is -0.812. The van der Waals surface area contributed by atoms with E-state index in [9.17, 15) is 13.2 Å². The molecule has 0 saturated heterocycles. The number of carboxylic acids is 1. The second-order valence-electron chi connectivity index (χ2n) is 4.32. The molecule has 0 atom stereocenters. The Kier molecular flexibility index (Phi) is 5.98. The number of nitrogens with one attached hydrogen (secondary N) is 1. The van der Waals surface area contributed by atoms with Crippen molar-refractivity contribution >= 4 is 16.0 Å². The summed E-state index contributed by atoms with van der Waals surface area (Å²) >= 11 is 0. The van der Waals surface area contributed by atoms with Crippen molar-refractivity contribution in [3.63, 3.8) is 0 Å². The second-order valence-corrected chi connectivity index (χ2v) is 6.25. The fraction of sp³-hybridized carbons (Fsp3) is 0.462. The van der Waals surface area contributed by atoms with Gasteiger partial charge in [-0.05, 0) is 30.5 Å². The van der Waals surface area contributed by atoms with Crippen LogP contribution >= 0.6 is 0 Å². The third-order valence-corrected chi connectivity index (χ3v) is 4.17. The molecule has 1 rings (SSSR count). The summed E-state index contributed by atoms with van der Waals surface area (Å²) in [7, 11) is -3.18. The Bertz CT molecular complexity index is 508. The van der Waals surface area contributed by atoms with Crippen LogP contribution in [0.3, 0.4) is 0 Å². The lowest BCUT2D eigenvalue weighted by Crippen LogP contribution is -2.28. The minimum atomic E-state index is -3.18. The molecular formula is C13H19NO4S. The predicted molar refractivity (Wildman–Crippen MR) is 73.8 cm³/mol. The van der Waals surface area contributed by atoms with Crippen LogP contribution in [-0.4, -0.2) is 31.8 Å². The molecule has 0 unspecified atom stereocenters. The first kappa shape index (κ1) is 15.7. The molecule has 106 valence electrons. The maximum absolute atomic E-state index is 11.5.